The number of halogens is 3. The van der Waals surface area contributed by atoms with Gasteiger partial charge in [-0.25, -0.2) is 18.6 Å². The first-order chi connectivity index (χ1) is 9.40. The van der Waals surface area contributed by atoms with Crippen LogP contribution in [0.25, 0.3) is 0 Å². The lowest BCUT2D eigenvalue weighted by molar-refractivity contribution is 0.0697. The zero-order valence-corrected chi connectivity index (χ0v) is 11.0. The van der Waals surface area contributed by atoms with Gasteiger partial charge in [0, 0.05) is 6.20 Å². The first-order valence-electron chi connectivity index (χ1n) is 5.50. The quantitative estimate of drug-likeness (QED) is 0.905. The fourth-order valence-electron chi connectivity index (χ4n) is 1.64. The number of aromatic nitrogens is 1. The summed E-state index contributed by atoms with van der Waals surface area (Å²) in [6.07, 6.45) is 1.31. The molecule has 0 aliphatic rings. The van der Waals surface area contributed by atoms with Crippen molar-refractivity contribution in [3.05, 3.63) is 52.2 Å². The lowest BCUT2D eigenvalue weighted by Crippen LogP contribution is -2.08. The van der Waals surface area contributed by atoms with E-state index in [4.69, 9.17) is 16.7 Å². The van der Waals surface area contributed by atoms with Crippen LogP contribution >= 0.6 is 11.6 Å². The van der Waals surface area contributed by atoms with Crippen molar-refractivity contribution in [3.8, 4) is 0 Å². The smallest absolute Gasteiger partial charge is 0.337 e. The van der Waals surface area contributed by atoms with Crippen LogP contribution in [0.1, 0.15) is 15.9 Å². The fraction of sp³-hybridized carbons (Fsp3) is 0.0769. The van der Waals surface area contributed by atoms with Crippen molar-refractivity contribution >= 4 is 29.1 Å². The number of nitrogens with zero attached hydrogens (tertiary/aromatic N) is 1. The molecule has 1 aromatic heterocycles. The molecular weight excluding hydrogens is 290 g/mol. The van der Waals surface area contributed by atoms with Crippen LogP contribution in [0, 0.1) is 18.6 Å². The Hall–Kier alpha value is -2.21. The summed E-state index contributed by atoms with van der Waals surface area (Å²) in [6.45, 7) is 1.65. The van der Waals surface area contributed by atoms with E-state index >= 15 is 0 Å². The van der Waals surface area contributed by atoms with E-state index in [0.29, 0.717) is 10.6 Å². The first kappa shape index (κ1) is 14.2. The minimum atomic E-state index is -1.38. The molecule has 0 saturated carbocycles. The van der Waals surface area contributed by atoms with E-state index in [1.165, 1.54) is 6.20 Å². The second-order valence-electron chi connectivity index (χ2n) is 4.03. The summed E-state index contributed by atoms with van der Waals surface area (Å²) in [4.78, 5) is 15.0. The number of hydrogen-bond donors (Lipinski definition) is 2. The molecule has 0 amide bonds. The molecule has 104 valence electrons. The molecule has 0 radical (unpaired) electrons. The number of nitrogens with one attached hydrogen (secondary N) is 1. The SMILES string of the molecule is Cc1cc(Cl)cnc1Nc1c(C(=O)O)ccc(F)c1F. The molecule has 2 rings (SSSR count). The van der Waals surface area contributed by atoms with Gasteiger partial charge in [0.05, 0.1) is 16.3 Å². The van der Waals surface area contributed by atoms with E-state index in [9.17, 15) is 13.6 Å². The maximum absolute atomic E-state index is 13.8. The lowest BCUT2D eigenvalue weighted by atomic mass is 10.1. The Morgan fingerprint density at radius 2 is 2.10 bits per heavy atom. The predicted octanol–water partition coefficient (Wildman–Crippen LogP) is 3.76. The van der Waals surface area contributed by atoms with E-state index in [1.807, 2.05) is 0 Å². The van der Waals surface area contributed by atoms with Crippen molar-refractivity contribution in [1.82, 2.24) is 4.98 Å². The molecule has 0 saturated heterocycles. The first-order valence-corrected chi connectivity index (χ1v) is 5.88. The van der Waals surface area contributed by atoms with Gasteiger partial charge in [-0.3, -0.25) is 0 Å². The number of aryl methyl sites for hydroxylation is 1. The Bertz CT molecular complexity index is 692. The zero-order valence-electron chi connectivity index (χ0n) is 10.2. The summed E-state index contributed by atoms with van der Waals surface area (Å²) >= 11 is 5.74. The van der Waals surface area contributed by atoms with Gasteiger partial charge in [0.2, 0.25) is 0 Å². The number of carbonyl (C=O) groups is 1. The van der Waals surface area contributed by atoms with Gasteiger partial charge < -0.3 is 10.4 Å². The molecule has 0 bridgehead atoms. The molecule has 20 heavy (non-hydrogen) atoms. The van der Waals surface area contributed by atoms with Gasteiger partial charge >= 0.3 is 5.97 Å². The van der Waals surface area contributed by atoms with Crippen molar-refractivity contribution in [1.29, 1.82) is 0 Å². The molecule has 1 heterocycles. The third-order valence-electron chi connectivity index (χ3n) is 2.61. The van der Waals surface area contributed by atoms with Crippen LogP contribution in [-0.2, 0) is 0 Å². The number of carboxylic acids is 1. The number of carboxylic acid groups (broad SMARTS) is 1. The number of benzene rings is 1. The monoisotopic (exact) mass is 298 g/mol. The molecule has 0 aliphatic heterocycles. The average molecular weight is 299 g/mol. The molecule has 4 nitrogen and oxygen atoms in total. The summed E-state index contributed by atoms with van der Waals surface area (Å²) in [7, 11) is 0. The molecule has 2 aromatic rings. The van der Waals surface area contributed by atoms with E-state index in [-0.39, 0.29) is 11.4 Å². The third kappa shape index (κ3) is 2.70. The minimum absolute atomic E-state index is 0.196. The highest BCUT2D eigenvalue weighted by molar-refractivity contribution is 6.30. The summed E-state index contributed by atoms with van der Waals surface area (Å²) in [5, 5.41) is 11.9. The lowest BCUT2D eigenvalue weighted by Gasteiger charge is -2.12. The Kier molecular flexibility index (Phi) is 3.85. The molecule has 1 aromatic carbocycles. The van der Waals surface area contributed by atoms with Crippen molar-refractivity contribution in [2.45, 2.75) is 6.92 Å². The predicted molar refractivity (Wildman–Crippen MR) is 70.6 cm³/mol. The van der Waals surface area contributed by atoms with Gasteiger partial charge in [-0.2, -0.15) is 0 Å². The van der Waals surface area contributed by atoms with Crippen LogP contribution in [0.5, 0.6) is 0 Å². The van der Waals surface area contributed by atoms with Crippen molar-refractivity contribution in [2.24, 2.45) is 0 Å². The van der Waals surface area contributed by atoms with Crippen LogP contribution < -0.4 is 5.32 Å². The van der Waals surface area contributed by atoms with Gasteiger partial charge in [-0.1, -0.05) is 11.6 Å². The average Bonchev–Trinajstić information content (AvgIpc) is 2.37. The Balaban J connectivity index is 2.52. The minimum Gasteiger partial charge on any atom is -0.478 e. The van der Waals surface area contributed by atoms with E-state index in [2.05, 4.69) is 10.3 Å². The Labute approximate surface area is 118 Å². The largest absolute Gasteiger partial charge is 0.478 e. The standard InChI is InChI=1S/C13H9ClF2N2O2/c1-6-4-7(14)5-17-12(6)18-11-8(13(19)20)2-3-9(15)10(11)16/h2-5H,1H3,(H,17,18)(H,19,20). The summed E-state index contributed by atoms with van der Waals surface area (Å²) in [6, 6.07) is 3.30. The number of anilines is 2. The zero-order chi connectivity index (χ0) is 14.9. The number of pyridine rings is 1. The second kappa shape index (κ2) is 5.42. The maximum Gasteiger partial charge on any atom is 0.337 e. The van der Waals surface area contributed by atoms with Gasteiger partial charge in [-0.05, 0) is 30.7 Å². The van der Waals surface area contributed by atoms with Crippen LogP contribution in [-0.4, -0.2) is 16.1 Å². The molecule has 0 fully saturated rings. The summed E-state index contributed by atoms with van der Waals surface area (Å²) in [5.41, 5.74) is -0.298. The molecule has 0 aliphatic carbocycles. The van der Waals surface area contributed by atoms with Crippen molar-refractivity contribution in [3.63, 3.8) is 0 Å². The highest BCUT2D eigenvalue weighted by Crippen LogP contribution is 2.27. The number of aromatic carboxylic acids is 1. The summed E-state index contributed by atoms with van der Waals surface area (Å²) in [5.74, 6) is -3.61. The highest BCUT2D eigenvalue weighted by Gasteiger charge is 2.19. The fourth-order valence-corrected chi connectivity index (χ4v) is 1.85. The normalized spacial score (nSPS) is 10.4. The van der Waals surface area contributed by atoms with Crippen LogP contribution in [0.2, 0.25) is 5.02 Å². The van der Waals surface area contributed by atoms with Crippen molar-refractivity contribution < 1.29 is 18.7 Å². The maximum atomic E-state index is 13.8. The van der Waals surface area contributed by atoms with Gasteiger partial charge in [0.25, 0.3) is 0 Å². The number of hydrogen-bond acceptors (Lipinski definition) is 3. The molecule has 0 atom stereocenters. The van der Waals surface area contributed by atoms with Crippen LogP contribution in [0.3, 0.4) is 0 Å². The highest BCUT2D eigenvalue weighted by atomic mass is 35.5. The third-order valence-corrected chi connectivity index (χ3v) is 2.82. The van der Waals surface area contributed by atoms with E-state index in [0.717, 1.165) is 12.1 Å². The van der Waals surface area contributed by atoms with E-state index in [1.54, 1.807) is 13.0 Å². The molecule has 2 N–H and O–H groups in total. The Morgan fingerprint density at radius 3 is 2.70 bits per heavy atom. The van der Waals surface area contributed by atoms with Gasteiger partial charge in [-0.15, -0.1) is 0 Å². The Morgan fingerprint density at radius 1 is 1.40 bits per heavy atom. The number of rotatable bonds is 3. The molecule has 7 heteroatoms. The van der Waals surface area contributed by atoms with Gasteiger partial charge in [0.15, 0.2) is 11.6 Å². The topological polar surface area (TPSA) is 62.2 Å². The molecular formula is C13H9ClF2N2O2. The van der Waals surface area contributed by atoms with E-state index < -0.39 is 23.3 Å². The van der Waals surface area contributed by atoms with Crippen LogP contribution in [0.4, 0.5) is 20.3 Å². The second-order valence-corrected chi connectivity index (χ2v) is 4.47. The molecule has 0 spiro atoms. The van der Waals surface area contributed by atoms with Gasteiger partial charge in [0.1, 0.15) is 5.82 Å². The van der Waals surface area contributed by atoms with Crippen molar-refractivity contribution in [2.75, 3.05) is 5.32 Å². The van der Waals surface area contributed by atoms with Crippen LogP contribution in [0.15, 0.2) is 24.4 Å². The molecule has 0 unspecified atom stereocenters. The summed E-state index contributed by atoms with van der Waals surface area (Å²) < 4.78 is 27.0.